The number of carbonyl (C=O) groups excluding carboxylic acids is 1. The largest absolute Gasteiger partial charge is 0.488 e. The van der Waals surface area contributed by atoms with Crippen LogP contribution in [0.3, 0.4) is 0 Å². The first-order chi connectivity index (χ1) is 15.0. The number of esters is 1. The Bertz CT molecular complexity index is 1320. The first kappa shape index (κ1) is 21.7. The molecule has 3 aromatic rings. The van der Waals surface area contributed by atoms with Gasteiger partial charge in [-0.05, 0) is 30.3 Å². The van der Waals surface area contributed by atoms with Crippen molar-refractivity contribution >= 4 is 27.0 Å². The third-order valence-electron chi connectivity index (χ3n) is 4.69. The predicted octanol–water partition coefficient (Wildman–Crippen LogP) is 3.34. The number of rotatable bonds is 6. The molecule has 12 heteroatoms. The molecule has 0 saturated heterocycles. The number of hydrogen-bond acceptors (Lipinski definition) is 8. The van der Waals surface area contributed by atoms with E-state index >= 15 is 0 Å². The van der Waals surface area contributed by atoms with Crippen molar-refractivity contribution in [1.82, 2.24) is 0 Å². The highest BCUT2D eigenvalue weighted by Gasteiger charge is 2.48. The Labute approximate surface area is 181 Å². The van der Waals surface area contributed by atoms with Crippen molar-refractivity contribution in [2.75, 3.05) is 0 Å². The number of cyclic esters (lactones) is 1. The third kappa shape index (κ3) is 4.14. The summed E-state index contributed by atoms with van der Waals surface area (Å²) in [5, 5.41) is 0. The van der Waals surface area contributed by atoms with Gasteiger partial charge in [0.1, 0.15) is 11.5 Å². The minimum absolute atomic E-state index is 0.269. The summed E-state index contributed by atoms with van der Waals surface area (Å²) in [7, 11) is -10.5. The van der Waals surface area contributed by atoms with E-state index in [9.17, 15) is 29.4 Å². The molecular weight excluding hydrogens is 470 g/mol. The molecule has 0 radical (unpaired) electrons. The van der Waals surface area contributed by atoms with Gasteiger partial charge in [-0.25, -0.2) is 4.79 Å². The van der Waals surface area contributed by atoms with Crippen molar-refractivity contribution in [1.29, 1.82) is 0 Å². The molecule has 4 rings (SSSR count). The number of ether oxygens (including phenoxy) is 1. The molecule has 0 bridgehead atoms. The lowest BCUT2D eigenvalue weighted by molar-refractivity contribution is 0.0251. The predicted molar refractivity (Wildman–Crippen MR) is 106 cm³/mol. The Balaban J connectivity index is 1.86. The van der Waals surface area contributed by atoms with Gasteiger partial charge < -0.3 is 13.1 Å². The summed E-state index contributed by atoms with van der Waals surface area (Å²) in [5.41, 5.74) is -0.0970. The first-order valence-corrected chi connectivity index (χ1v) is 11.4. The van der Waals surface area contributed by atoms with Gasteiger partial charge in [0.25, 0.3) is 0 Å². The fourth-order valence-electron chi connectivity index (χ4n) is 3.53. The molecule has 0 unspecified atom stereocenters. The molecule has 1 aliphatic heterocycles. The maximum atomic E-state index is 12.8. The van der Waals surface area contributed by atoms with Crippen LogP contribution in [0.1, 0.15) is 27.0 Å². The molecule has 0 aromatic heterocycles. The Morgan fingerprint density at radius 3 is 1.56 bits per heavy atom. The minimum atomic E-state index is -5.23. The Kier molecular flexibility index (Phi) is 5.13. The lowest BCUT2D eigenvalue weighted by atomic mass is 9.80. The summed E-state index contributed by atoms with van der Waals surface area (Å²) in [6.45, 7) is 0. The second kappa shape index (κ2) is 7.57. The molecule has 0 atom stereocenters. The molecule has 0 aliphatic carbocycles. The zero-order chi connectivity index (χ0) is 23.1. The van der Waals surface area contributed by atoms with E-state index in [4.69, 9.17) is 4.74 Å². The van der Waals surface area contributed by atoms with Crippen molar-refractivity contribution in [3.05, 3.63) is 95.1 Å². The van der Waals surface area contributed by atoms with Gasteiger partial charge in [0, 0.05) is 16.7 Å². The van der Waals surface area contributed by atoms with Crippen molar-refractivity contribution < 1.29 is 42.5 Å². The molecule has 32 heavy (non-hydrogen) atoms. The molecule has 166 valence electrons. The Morgan fingerprint density at radius 1 is 0.688 bits per heavy atom. The van der Waals surface area contributed by atoms with Gasteiger partial charge in [-0.15, -0.1) is 0 Å². The van der Waals surface area contributed by atoms with E-state index in [-0.39, 0.29) is 17.1 Å². The fraction of sp³-hybridized carbons (Fsp3) is 0.0500. The quantitative estimate of drug-likeness (QED) is 0.388. The lowest BCUT2D eigenvalue weighted by Gasteiger charge is -2.30. The van der Waals surface area contributed by atoms with E-state index < -0.39 is 32.6 Å². The number of carbonyl (C=O) groups is 1. The maximum Gasteiger partial charge on any atom is 0.488 e. The summed E-state index contributed by atoms with van der Waals surface area (Å²) in [4.78, 5) is 12.6. The van der Waals surface area contributed by atoms with Crippen LogP contribution in [0.2, 0.25) is 0 Å². The number of hydrogen-bond donors (Lipinski definition) is 0. The van der Waals surface area contributed by atoms with E-state index in [1.165, 1.54) is 48.5 Å². The van der Waals surface area contributed by atoms with Gasteiger partial charge >= 0.3 is 27.0 Å². The third-order valence-corrected chi connectivity index (χ3v) is 5.47. The van der Waals surface area contributed by atoms with E-state index in [2.05, 4.69) is 8.37 Å². The summed E-state index contributed by atoms with van der Waals surface area (Å²) in [5.74, 6) is -1.25. The van der Waals surface area contributed by atoms with Crippen LogP contribution in [0.25, 0.3) is 0 Å². The Morgan fingerprint density at radius 2 is 1.12 bits per heavy atom. The molecule has 0 spiro atoms. The summed E-state index contributed by atoms with van der Waals surface area (Å²) >= 11 is 0. The van der Waals surface area contributed by atoms with Gasteiger partial charge in [0.15, 0.2) is 5.60 Å². The summed E-state index contributed by atoms with van der Waals surface area (Å²) < 4.78 is 82.7. The van der Waals surface area contributed by atoms with Crippen LogP contribution in [-0.4, -0.2) is 22.8 Å². The van der Waals surface area contributed by atoms with E-state index in [1.807, 2.05) is 0 Å². The van der Waals surface area contributed by atoms with Crippen LogP contribution in [0.4, 0.5) is 7.77 Å². The molecule has 0 N–H and O–H groups in total. The highest BCUT2D eigenvalue weighted by molar-refractivity contribution is 7.82. The van der Waals surface area contributed by atoms with Crippen LogP contribution in [0, 0.1) is 0 Å². The van der Waals surface area contributed by atoms with Crippen molar-refractivity contribution in [2.45, 2.75) is 5.60 Å². The van der Waals surface area contributed by atoms with Gasteiger partial charge in [0.2, 0.25) is 0 Å². The molecule has 0 saturated carbocycles. The zero-order valence-corrected chi connectivity index (χ0v) is 17.4. The Hall–Kier alpha value is -3.51. The minimum Gasteiger partial charge on any atom is -0.441 e. The topological polar surface area (TPSA) is 113 Å². The monoisotopic (exact) mass is 482 g/mol. The van der Waals surface area contributed by atoms with Crippen LogP contribution >= 0.6 is 0 Å². The standard InChI is InChI=1S/C20H12F2O8S2/c21-31(24,25)29-15-9-5-13(6-10-15)20(18-4-2-1-3-17(18)19(23)28-20)14-7-11-16(12-8-14)30-32(22,26)27/h1-12H. The molecule has 1 heterocycles. The first-order valence-electron chi connectivity index (χ1n) is 8.80. The van der Waals surface area contributed by atoms with E-state index in [0.29, 0.717) is 16.7 Å². The zero-order valence-electron chi connectivity index (χ0n) is 15.8. The molecule has 1 aliphatic rings. The van der Waals surface area contributed by atoms with Crippen LogP contribution in [0.5, 0.6) is 11.5 Å². The van der Waals surface area contributed by atoms with Gasteiger partial charge in [-0.2, -0.15) is 16.8 Å². The fourth-order valence-corrected chi connectivity index (χ4v) is 4.21. The molecule has 8 nitrogen and oxygen atoms in total. The van der Waals surface area contributed by atoms with E-state index in [1.54, 1.807) is 24.3 Å². The van der Waals surface area contributed by atoms with Crippen molar-refractivity contribution in [2.24, 2.45) is 0 Å². The van der Waals surface area contributed by atoms with Gasteiger partial charge in [-0.3, -0.25) is 0 Å². The van der Waals surface area contributed by atoms with E-state index in [0.717, 1.165) is 0 Å². The van der Waals surface area contributed by atoms with Crippen molar-refractivity contribution in [3.8, 4) is 11.5 Å². The van der Waals surface area contributed by atoms with Gasteiger partial charge in [-0.1, -0.05) is 50.2 Å². The average Bonchev–Trinajstić information content (AvgIpc) is 3.01. The number of fused-ring (bicyclic) bond motifs is 1. The average molecular weight is 482 g/mol. The summed E-state index contributed by atoms with van der Waals surface area (Å²) in [6.07, 6.45) is 0. The molecule has 3 aromatic carbocycles. The summed E-state index contributed by atoms with van der Waals surface area (Å²) in [6, 6.07) is 16.8. The van der Waals surface area contributed by atoms with Crippen LogP contribution in [0.15, 0.2) is 72.8 Å². The number of halogens is 2. The molecule has 0 fully saturated rings. The smallest absolute Gasteiger partial charge is 0.441 e. The second-order valence-corrected chi connectivity index (χ2v) is 8.52. The second-order valence-electron chi connectivity index (χ2n) is 6.62. The highest BCUT2D eigenvalue weighted by atomic mass is 32.3. The molecule has 0 amide bonds. The molecular formula is C20H12F2O8S2. The van der Waals surface area contributed by atoms with Crippen LogP contribution in [-0.2, 0) is 31.3 Å². The van der Waals surface area contributed by atoms with Crippen LogP contribution < -0.4 is 8.37 Å². The van der Waals surface area contributed by atoms with Gasteiger partial charge in [0.05, 0.1) is 5.56 Å². The normalized spacial score (nSPS) is 15.0. The SMILES string of the molecule is O=C1OC(c2ccc(OS(=O)(=O)F)cc2)(c2ccc(OS(=O)(=O)F)cc2)c2ccccc21. The number of benzene rings is 3. The highest BCUT2D eigenvalue weighted by Crippen LogP contribution is 2.47. The van der Waals surface area contributed by atoms with Crippen molar-refractivity contribution in [3.63, 3.8) is 0 Å². The lowest BCUT2D eigenvalue weighted by Crippen LogP contribution is -2.29. The maximum absolute atomic E-state index is 12.8.